The van der Waals surface area contributed by atoms with Gasteiger partial charge in [-0.25, -0.2) is 8.42 Å². The fourth-order valence-corrected chi connectivity index (χ4v) is 2.53. The van der Waals surface area contributed by atoms with Gasteiger partial charge in [0.1, 0.15) is 0 Å². The summed E-state index contributed by atoms with van der Waals surface area (Å²) >= 11 is 0. The van der Waals surface area contributed by atoms with Crippen LogP contribution in [-0.4, -0.2) is 71.3 Å². The van der Waals surface area contributed by atoms with Crippen LogP contribution >= 0.6 is 0 Å². The molecule has 0 aromatic carbocycles. The summed E-state index contributed by atoms with van der Waals surface area (Å²) < 4.78 is 27.7. The Morgan fingerprint density at radius 1 is 1.35 bits per heavy atom. The van der Waals surface area contributed by atoms with E-state index in [0.717, 1.165) is 26.2 Å². The zero-order valence-electron chi connectivity index (χ0n) is 11.4. The van der Waals surface area contributed by atoms with Crippen LogP contribution in [0.4, 0.5) is 0 Å². The van der Waals surface area contributed by atoms with Crippen LogP contribution in [0.1, 0.15) is 13.8 Å². The van der Waals surface area contributed by atoms with E-state index in [1.165, 1.54) is 0 Å². The quantitative estimate of drug-likeness (QED) is 0.602. The molecule has 0 rings (SSSR count). The summed E-state index contributed by atoms with van der Waals surface area (Å²) in [5.41, 5.74) is 0. The molecule has 17 heavy (non-hydrogen) atoms. The first-order valence-corrected chi connectivity index (χ1v) is 7.84. The Kier molecular flexibility index (Phi) is 8.77. The molecule has 5 nitrogen and oxygen atoms in total. The van der Waals surface area contributed by atoms with Crippen molar-refractivity contribution in [1.29, 1.82) is 0 Å². The Labute approximate surface area is 105 Å². The summed E-state index contributed by atoms with van der Waals surface area (Å²) in [6, 6.07) is 0.00998. The number of sulfone groups is 1. The molecule has 0 heterocycles. The summed E-state index contributed by atoms with van der Waals surface area (Å²) in [6.45, 7) is 6.87. The molecule has 1 N–H and O–H groups in total. The summed E-state index contributed by atoms with van der Waals surface area (Å²) in [5.74, 6) is 0.429. The van der Waals surface area contributed by atoms with E-state index in [9.17, 15) is 8.42 Å². The van der Waals surface area contributed by atoms with Crippen molar-refractivity contribution in [2.75, 3.05) is 51.9 Å². The van der Waals surface area contributed by atoms with Crippen molar-refractivity contribution in [3.05, 3.63) is 0 Å². The molecule has 0 radical (unpaired) electrons. The first-order chi connectivity index (χ1) is 7.91. The molecular formula is C11H26N2O3S. The smallest absolute Gasteiger partial charge is 0.151 e. The van der Waals surface area contributed by atoms with Gasteiger partial charge < -0.3 is 15.0 Å². The highest BCUT2D eigenvalue weighted by atomic mass is 32.2. The van der Waals surface area contributed by atoms with E-state index in [1.807, 2.05) is 14.0 Å². The minimum absolute atomic E-state index is 0.00998. The van der Waals surface area contributed by atoms with Gasteiger partial charge in [-0.05, 0) is 14.0 Å². The molecule has 0 aromatic heterocycles. The maximum atomic E-state index is 11.4. The Bertz CT molecular complexity index is 280. The van der Waals surface area contributed by atoms with Crippen molar-refractivity contribution in [3.8, 4) is 0 Å². The lowest BCUT2D eigenvalue weighted by atomic mass is 10.4. The molecule has 1 unspecified atom stereocenters. The number of likely N-dealkylation sites (N-methyl/N-ethyl adjacent to an activating group) is 1. The second-order valence-corrected chi connectivity index (χ2v) is 6.75. The SMILES string of the molecule is CCS(=O)(=O)CC(C)NCCN(C)CCOC. The van der Waals surface area contributed by atoms with Crippen molar-refractivity contribution in [1.82, 2.24) is 10.2 Å². The Hall–Kier alpha value is -0.170. The Morgan fingerprint density at radius 3 is 2.53 bits per heavy atom. The maximum absolute atomic E-state index is 11.4. The highest BCUT2D eigenvalue weighted by Crippen LogP contribution is 1.94. The second kappa shape index (κ2) is 8.85. The van der Waals surface area contributed by atoms with Gasteiger partial charge in [0, 0.05) is 38.5 Å². The molecule has 0 aliphatic rings. The Morgan fingerprint density at radius 2 is 2.00 bits per heavy atom. The van der Waals surface area contributed by atoms with E-state index in [4.69, 9.17) is 4.74 Å². The molecule has 0 aliphatic heterocycles. The van der Waals surface area contributed by atoms with Crippen LogP contribution in [-0.2, 0) is 14.6 Å². The summed E-state index contributed by atoms with van der Waals surface area (Å²) in [7, 11) is 0.827. The lowest BCUT2D eigenvalue weighted by molar-refractivity contribution is 0.161. The molecule has 0 fully saturated rings. The van der Waals surface area contributed by atoms with E-state index in [-0.39, 0.29) is 17.5 Å². The van der Waals surface area contributed by atoms with Gasteiger partial charge in [-0.1, -0.05) is 6.92 Å². The molecule has 0 spiro atoms. The predicted octanol–water partition coefficient (Wildman–Crippen LogP) is -0.0226. The van der Waals surface area contributed by atoms with Gasteiger partial charge in [0.05, 0.1) is 12.4 Å². The van der Waals surface area contributed by atoms with Gasteiger partial charge in [0.2, 0.25) is 0 Å². The average Bonchev–Trinajstić information content (AvgIpc) is 2.25. The summed E-state index contributed by atoms with van der Waals surface area (Å²) in [6.07, 6.45) is 0. The van der Waals surface area contributed by atoms with Crippen LogP contribution < -0.4 is 5.32 Å². The third-order valence-electron chi connectivity index (χ3n) is 2.61. The summed E-state index contributed by atoms with van der Waals surface area (Å²) in [5, 5.41) is 3.22. The van der Waals surface area contributed by atoms with Crippen LogP contribution in [0.5, 0.6) is 0 Å². The molecule has 104 valence electrons. The molecule has 0 bridgehead atoms. The zero-order valence-corrected chi connectivity index (χ0v) is 12.2. The lowest BCUT2D eigenvalue weighted by Gasteiger charge is -2.18. The topological polar surface area (TPSA) is 58.6 Å². The van der Waals surface area contributed by atoms with Crippen LogP contribution in [0.15, 0.2) is 0 Å². The van der Waals surface area contributed by atoms with Crippen molar-refractivity contribution in [2.45, 2.75) is 19.9 Å². The van der Waals surface area contributed by atoms with Crippen LogP contribution in [0.2, 0.25) is 0 Å². The number of hydrogen-bond donors (Lipinski definition) is 1. The maximum Gasteiger partial charge on any atom is 0.151 e. The molecule has 0 amide bonds. The van der Waals surface area contributed by atoms with Crippen molar-refractivity contribution in [2.24, 2.45) is 0 Å². The molecule has 6 heteroatoms. The molecule has 0 saturated carbocycles. The standard InChI is InChI=1S/C11H26N2O3S/c1-5-17(14,15)10-11(2)12-6-7-13(3)8-9-16-4/h11-12H,5-10H2,1-4H3. The van der Waals surface area contributed by atoms with Gasteiger partial charge in [-0.2, -0.15) is 0 Å². The molecule has 0 aromatic rings. The first-order valence-electron chi connectivity index (χ1n) is 6.02. The highest BCUT2D eigenvalue weighted by molar-refractivity contribution is 7.91. The van der Waals surface area contributed by atoms with E-state index >= 15 is 0 Å². The molecule has 0 saturated heterocycles. The zero-order chi connectivity index (χ0) is 13.3. The van der Waals surface area contributed by atoms with Gasteiger partial charge in [0.15, 0.2) is 9.84 Å². The number of nitrogens with one attached hydrogen (secondary N) is 1. The van der Waals surface area contributed by atoms with E-state index in [0.29, 0.717) is 0 Å². The first kappa shape index (κ1) is 16.8. The normalized spacial score (nSPS) is 14.2. The highest BCUT2D eigenvalue weighted by Gasteiger charge is 2.12. The summed E-state index contributed by atoms with van der Waals surface area (Å²) in [4.78, 5) is 2.15. The van der Waals surface area contributed by atoms with Gasteiger partial charge >= 0.3 is 0 Å². The number of nitrogens with zero attached hydrogens (tertiary/aromatic N) is 1. The van der Waals surface area contributed by atoms with E-state index in [2.05, 4.69) is 10.2 Å². The van der Waals surface area contributed by atoms with Crippen molar-refractivity contribution < 1.29 is 13.2 Å². The minimum Gasteiger partial charge on any atom is -0.383 e. The van der Waals surface area contributed by atoms with Crippen molar-refractivity contribution in [3.63, 3.8) is 0 Å². The third kappa shape index (κ3) is 9.52. The molecule has 0 aliphatic carbocycles. The molecule has 1 atom stereocenters. The monoisotopic (exact) mass is 266 g/mol. The number of hydrogen-bond acceptors (Lipinski definition) is 5. The average molecular weight is 266 g/mol. The number of methoxy groups -OCH3 is 1. The lowest BCUT2D eigenvalue weighted by Crippen LogP contribution is -2.39. The van der Waals surface area contributed by atoms with Crippen LogP contribution in [0.25, 0.3) is 0 Å². The number of ether oxygens (including phenoxy) is 1. The van der Waals surface area contributed by atoms with Gasteiger partial charge in [0.25, 0.3) is 0 Å². The number of rotatable bonds is 10. The van der Waals surface area contributed by atoms with Crippen molar-refractivity contribution >= 4 is 9.84 Å². The Balaban J connectivity index is 3.67. The van der Waals surface area contributed by atoms with E-state index in [1.54, 1.807) is 14.0 Å². The van der Waals surface area contributed by atoms with Gasteiger partial charge in [-0.3, -0.25) is 0 Å². The fourth-order valence-electron chi connectivity index (χ4n) is 1.42. The van der Waals surface area contributed by atoms with Crippen LogP contribution in [0, 0.1) is 0 Å². The van der Waals surface area contributed by atoms with E-state index < -0.39 is 9.84 Å². The molecular weight excluding hydrogens is 240 g/mol. The predicted molar refractivity (Wildman–Crippen MR) is 71.2 cm³/mol. The largest absolute Gasteiger partial charge is 0.383 e. The fraction of sp³-hybridized carbons (Fsp3) is 1.00. The van der Waals surface area contributed by atoms with Crippen LogP contribution in [0.3, 0.4) is 0 Å². The van der Waals surface area contributed by atoms with Gasteiger partial charge in [-0.15, -0.1) is 0 Å². The third-order valence-corrected chi connectivity index (χ3v) is 4.49. The second-order valence-electron chi connectivity index (χ2n) is 4.35. The minimum atomic E-state index is -2.88.